The molecular formula is C35H23N2PSe. The number of benzene rings is 6. The average Bonchev–Trinajstić information content (AvgIpc) is 3.41. The van der Waals surface area contributed by atoms with Crippen LogP contribution in [0.4, 0.5) is 0 Å². The van der Waals surface area contributed by atoms with Gasteiger partial charge in [0.05, 0.1) is 0 Å². The predicted octanol–water partition coefficient (Wildman–Crippen LogP) is 7.32. The molecule has 0 spiro atoms. The Morgan fingerprint density at radius 3 is 1.87 bits per heavy atom. The quantitative estimate of drug-likeness (QED) is 0.121. The molecule has 6 aromatic carbocycles. The summed E-state index contributed by atoms with van der Waals surface area (Å²) in [5.41, 5.74) is 2.43. The second-order valence-electron chi connectivity index (χ2n) is 9.95. The van der Waals surface area contributed by atoms with Crippen LogP contribution in [-0.4, -0.2) is 24.5 Å². The van der Waals surface area contributed by atoms with Gasteiger partial charge in [-0.15, -0.1) is 0 Å². The molecular weight excluding hydrogens is 558 g/mol. The normalized spacial score (nSPS) is 12.2. The van der Waals surface area contributed by atoms with E-state index in [1.54, 1.807) is 0 Å². The Kier molecular flexibility index (Phi) is 5.15. The number of imidazole rings is 1. The van der Waals surface area contributed by atoms with Gasteiger partial charge in [-0.1, -0.05) is 0 Å². The molecule has 184 valence electrons. The molecule has 2 aromatic heterocycles. The molecule has 0 saturated carbocycles. The summed E-state index contributed by atoms with van der Waals surface area (Å²) in [6, 6.07) is 50.6. The van der Waals surface area contributed by atoms with Gasteiger partial charge in [0, 0.05) is 0 Å². The van der Waals surface area contributed by atoms with Crippen LogP contribution in [0.1, 0.15) is 0 Å². The zero-order chi connectivity index (χ0) is 26.0. The van der Waals surface area contributed by atoms with E-state index < -0.39 is 5.51 Å². The summed E-state index contributed by atoms with van der Waals surface area (Å²) in [5.74, 6) is 0. The fraction of sp³-hybridized carbons (Fsp3) is 0. The standard InChI is InChI=1S/C35H23N2PSe/c39-38(25-11-3-1-4-12-25,26-13-5-2-6-14-26)27-20-22-28-24(23-27)19-21-30-29-15-7-8-16-31(29)35-36-32-17-9-10-18-33(32)37(35)34(28)30/h1-23H. The van der Waals surface area contributed by atoms with Crippen molar-refractivity contribution in [2.24, 2.45) is 0 Å². The zero-order valence-corrected chi connectivity index (χ0v) is 23.6. The van der Waals surface area contributed by atoms with Crippen LogP contribution in [0.15, 0.2) is 140 Å². The second-order valence-corrected chi connectivity index (χ2v) is 16.2. The third-order valence-electron chi connectivity index (χ3n) is 7.82. The number of hydrogen-bond donors (Lipinski definition) is 0. The van der Waals surface area contributed by atoms with E-state index >= 15 is 0 Å². The summed E-state index contributed by atoms with van der Waals surface area (Å²) in [5, 5.41) is 10.1. The van der Waals surface area contributed by atoms with Gasteiger partial charge in [0.2, 0.25) is 0 Å². The van der Waals surface area contributed by atoms with Gasteiger partial charge in [-0.2, -0.15) is 0 Å². The molecule has 0 aliphatic carbocycles. The van der Waals surface area contributed by atoms with Crippen LogP contribution in [0, 0.1) is 0 Å². The Morgan fingerprint density at radius 1 is 0.513 bits per heavy atom. The fourth-order valence-electron chi connectivity index (χ4n) is 6.02. The van der Waals surface area contributed by atoms with Crippen LogP contribution in [0.2, 0.25) is 0 Å². The monoisotopic (exact) mass is 582 g/mol. The van der Waals surface area contributed by atoms with E-state index in [1.807, 2.05) is 0 Å². The molecule has 0 saturated heterocycles. The minimum atomic E-state index is -1.95. The van der Waals surface area contributed by atoms with Crippen molar-refractivity contribution < 1.29 is 0 Å². The van der Waals surface area contributed by atoms with E-state index in [4.69, 9.17) is 4.98 Å². The van der Waals surface area contributed by atoms with E-state index in [-0.39, 0.29) is 0 Å². The Hall–Kier alpha value is -4.00. The summed E-state index contributed by atoms with van der Waals surface area (Å²) >= 11 is 3.71. The average molecular weight is 582 g/mol. The van der Waals surface area contributed by atoms with Crippen LogP contribution >= 0.6 is 5.51 Å². The molecule has 4 heteroatoms. The van der Waals surface area contributed by atoms with Crippen molar-refractivity contribution in [3.05, 3.63) is 140 Å². The van der Waals surface area contributed by atoms with E-state index in [2.05, 4.69) is 159 Å². The molecule has 0 N–H and O–H groups in total. The number of rotatable bonds is 3. The first kappa shape index (κ1) is 22.9. The Balaban J connectivity index is 1.50. The maximum absolute atomic E-state index is 5.10. The molecule has 0 atom stereocenters. The van der Waals surface area contributed by atoms with Crippen molar-refractivity contribution in [3.63, 3.8) is 0 Å². The topological polar surface area (TPSA) is 17.3 Å². The number of aromatic nitrogens is 2. The van der Waals surface area contributed by atoms with Crippen molar-refractivity contribution in [2.75, 3.05) is 0 Å². The van der Waals surface area contributed by atoms with Crippen LogP contribution in [0.25, 0.3) is 49.1 Å². The number of hydrogen-bond acceptors (Lipinski definition) is 1. The van der Waals surface area contributed by atoms with Gasteiger partial charge in [-0.25, -0.2) is 0 Å². The van der Waals surface area contributed by atoms with Crippen molar-refractivity contribution in [1.82, 2.24) is 9.38 Å². The first-order valence-corrected chi connectivity index (χ1v) is 17.1. The van der Waals surface area contributed by atoms with E-state index in [9.17, 15) is 0 Å². The van der Waals surface area contributed by atoms with Gasteiger partial charge in [-0.3, -0.25) is 0 Å². The van der Waals surface area contributed by atoms with Gasteiger partial charge >= 0.3 is 235 Å². The number of pyridine rings is 1. The molecule has 0 aliphatic heterocycles. The van der Waals surface area contributed by atoms with Gasteiger partial charge < -0.3 is 0 Å². The van der Waals surface area contributed by atoms with E-state index in [1.165, 1.54) is 48.4 Å². The fourth-order valence-corrected chi connectivity index (χ4v) is 11.0. The Labute approximate surface area is 233 Å². The van der Waals surface area contributed by atoms with Gasteiger partial charge in [0.1, 0.15) is 0 Å². The molecule has 8 aromatic rings. The third kappa shape index (κ3) is 3.35. The van der Waals surface area contributed by atoms with Gasteiger partial charge in [0.15, 0.2) is 0 Å². The van der Waals surface area contributed by atoms with Crippen LogP contribution in [0.5, 0.6) is 0 Å². The van der Waals surface area contributed by atoms with Gasteiger partial charge in [-0.05, 0) is 0 Å². The Bertz CT molecular complexity index is 2210. The summed E-state index contributed by atoms with van der Waals surface area (Å²) < 4.78 is 2.36. The molecule has 2 nitrogen and oxygen atoms in total. The molecule has 0 aliphatic rings. The summed E-state index contributed by atoms with van der Waals surface area (Å²) in [4.78, 5) is 5.10. The molecule has 8 rings (SSSR count). The molecule has 0 bridgehead atoms. The summed E-state index contributed by atoms with van der Waals surface area (Å²) in [7, 11) is 0. The molecule has 39 heavy (non-hydrogen) atoms. The number of para-hydroxylation sites is 2. The van der Waals surface area contributed by atoms with E-state index in [0.29, 0.717) is 0 Å². The molecule has 2 heterocycles. The molecule has 0 fully saturated rings. The van der Waals surface area contributed by atoms with Crippen molar-refractivity contribution in [3.8, 4) is 0 Å². The van der Waals surface area contributed by atoms with Crippen LogP contribution in [0.3, 0.4) is 0 Å². The molecule has 0 radical (unpaired) electrons. The van der Waals surface area contributed by atoms with Crippen LogP contribution < -0.4 is 15.9 Å². The van der Waals surface area contributed by atoms with Crippen molar-refractivity contribution in [2.45, 2.75) is 0 Å². The summed E-state index contributed by atoms with van der Waals surface area (Å²) in [6.45, 7) is 0. The first-order chi connectivity index (χ1) is 19.2. The molecule has 0 amide bonds. The van der Waals surface area contributed by atoms with Gasteiger partial charge in [0.25, 0.3) is 0 Å². The number of fused-ring (bicyclic) bond motifs is 10. The van der Waals surface area contributed by atoms with Crippen molar-refractivity contribution in [1.29, 1.82) is 0 Å². The SMILES string of the molecule is [Se]=P(c1ccccc1)(c1ccccc1)c1ccc2c(ccc3c4ccccc4c4nc5ccccc5n4c23)c1. The van der Waals surface area contributed by atoms with E-state index in [0.717, 1.165) is 16.7 Å². The zero-order valence-electron chi connectivity index (χ0n) is 21.0. The Morgan fingerprint density at radius 2 is 1.13 bits per heavy atom. The number of nitrogens with zero attached hydrogens (tertiary/aromatic N) is 2. The predicted molar refractivity (Wildman–Crippen MR) is 170 cm³/mol. The molecule has 0 unspecified atom stereocenters. The summed E-state index contributed by atoms with van der Waals surface area (Å²) in [6.07, 6.45) is 0. The minimum absolute atomic E-state index is 1.01. The first-order valence-electron chi connectivity index (χ1n) is 13.1. The van der Waals surface area contributed by atoms with Crippen LogP contribution in [-0.2, 0) is 0 Å². The van der Waals surface area contributed by atoms with Crippen molar-refractivity contribution >= 4 is 85.6 Å². The maximum atomic E-state index is 5.10. The third-order valence-corrected chi connectivity index (χ3v) is 14.9. The second kappa shape index (κ2) is 8.76.